The maximum absolute atomic E-state index is 12.9. The highest BCUT2D eigenvalue weighted by Crippen LogP contribution is 2.18. The van der Waals surface area contributed by atoms with E-state index in [1.807, 2.05) is 0 Å². The van der Waals surface area contributed by atoms with Gasteiger partial charge in [-0.1, -0.05) is 20.8 Å². The Morgan fingerprint density at radius 1 is 1.44 bits per heavy atom. The predicted octanol–water partition coefficient (Wildman–Crippen LogP) is 2.02. The Morgan fingerprint density at radius 3 is 2.56 bits per heavy atom. The Hall–Kier alpha value is -1.78. The van der Waals surface area contributed by atoms with Gasteiger partial charge in [-0.3, -0.25) is 9.59 Å². The highest BCUT2D eigenvalue weighted by atomic mass is 19.1. The molecule has 0 bridgehead atoms. The average Bonchev–Trinajstić information content (AvgIpc) is 2.16. The average molecular weight is 224 g/mol. The Bertz CT molecular complexity index is 424. The monoisotopic (exact) mass is 224 g/mol. The summed E-state index contributed by atoms with van der Waals surface area (Å²) in [6, 6.07) is 2.34. The predicted molar refractivity (Wildman–Crippen MR) is 57.7 cm³/mol. The Kier molecular flexibility index (Phi) is 3.37. The maximum atomic E-state index is 12.9. The van der Waals surface area contributed by atoms with Crippen LogP contribution in [0.3, 0.4) is 0 Å². The van der Waals surface area contributed by atoms with E-state index in [4.69, 9.17) is 0 Å². The summed E-state index contributed by atoms with van der Waals surface area (Å²) in [4.78, 5) is 25.7. The molecule has 1 N–H and O–H groups in total. The number of rotatable bonds is 2. The first-order valence-corrected chi connectivity index (χ1v) is 4.78. The number of carbonyl (C=O) groups is 2. The van der Waals surface area contributed by atoms with Gasteiger partial charge in [0.1, 0.15) is 5.82 Å². The fourth-order valence-corrected chi connectivity index (χ4v) is 0.936. The lowest BCUT2D eigenvalue weighted by Gasteiger charge is -2.17. The number of anilines is 1. The van der Waals surface area contributed by atoms with Gasteiger partial charge in [0, 0.05) is 5.41 Å². The van der Waals surface area contributed by atoms with E-state index in [1.165, 1.54) is 6.07 Å². The van der Waals surface area contributed by atoms with Crippen LogP contribution in [0.4, 0.5) is 10.2 Å². The molecule has 1 aromatic rings. The van der Waals surface area contributed by atoms with Crippen molar-refractivity contribution in [3.05, 3.63) is 23.6 Å². The lowest BCUT2D eigenvalue weighted by Crippen LogP contribution is -2.28. The van der Waals surface area contributed by atoms with Crippen molar-refractivity contribution in [2.75, 3.05) is 5.32 Å². The normalized spacial score (nSPS) is 11.0. The third-order valence-corrected chi connectivity index (χ3v) is 1.93. The Labute approximate surface area is 92.9 Å². The fourth-order valence-electron chi connectivity index (χ4n) is 0.936. The van der Waals surface area contributed by atoms with E-state index in [0.29, 0.717) is 6.29 Å². The molecule has 0 aliphatic carbocycles. The van der Waals surface area contributed by atoms with Crippen molar-refractivity contribution in [3.63, 3.8) is 0 Å². The SMILES string of the molecule is CC(C)(C)C(=O)Nc1nc(F)ccc1C=O. The first-order valence-electron chi connectivity index (χ1n) is 4.78. The highest BCUT2D eigenvalue weighted by molar-refractivity contribution is 5.97. The first-order chi connectivity index (χ1) is 7.34. The molecule has 5 heteroatoms. The molecule has 1 rings (SSSR count). The van der Waals surface area contributed by atoms with Crippen molar-refractivity contribution >= 4 is 18.0 Å². The maximum Gasteiger partial charge on any atom is 0.230 e. The highest BCUT2D eigenvalue weighted by Gasteiger charge is 2.22. The molecule has 0 saturated carbocycles. The molecule has 0 aromatic carbocycles. The van der Waals surface area contributed by atoms with Crippen LogP contribution < -0.4 is 5.32 Å². The lowest BCUT2D eigenvalue weighted by molar-refractivity contribution is -0.123. The van der Waals surface area contributed by atoms with Gasteiger partial charge in [0.2, 0.25) is 11.9 Å². The number of nitrogens with one attached hydrogen (secondary N) is 1. The first kappa shape index (κ1) is 12.3. The van der Waals surface area contributed by atoms with E-state index in [2.05, 4.69) is 10.3 Å². The quantitative estimate of drug-likeness (QED) is 0.617. The summed E-state index contributed by atoms with van der Waals surface area (Å²) >= 11 is 0. The van der Waals surface area contributed by atoms with Crippen molar-refractivity contribution in [2.45, 2.75) is 20.8 Å². The Morgan fingerprint density at radius 2 is 2.06 bits per heavy atom. The van der Waals surface area contributed by atoms with Gasteiger partial charge >= 0.3 is 0 Å². The largest absolute Gasteiger partial charge is 0.310 e. The molecule has 86 valence electrons. The van der Waals surface area contributed by atoms with E-state index in [-0.39, 0.29) is 17.3 Å². The van der Waals surface area contributed by atoms with Crippen molar-refractivity contribution < 1.29 is 14.0 Å². The van der Waals surface area contributed by atoms with Gasteiger partial charge in [-0.15, -0.1) is 0 Å². The minimum absolute atomic E-state index is 0.0464. The van der Waals surface area contributed by atoms with Gasteiger partial charge in [0.25, 0.3) is 0 Å². The number of carbonyl (C=O) groups excluding carboxylic acids is 2. The van der Waals surface area contributed by atoms with E-state index < -0.39 is 11.4 Å². The smallest absolute Gasteiger partial charge is 0.230 e. The molecule has 1 amide bonds. The number of halogens is 1. The molecule has 0 spiro atoms. The van der Waals surface area contributed by atoms with E-state index >= 15 is 0 Å². The van der Waals surface area contributed by atoms with E-state index in [1.54, 1.807) is 20.8 Å². The number of pyridine rings is 1. The molecule has 0 fully saturated rings. The molecule has 0 radical (unpaired) electrons. The second kappa shape index (κ2) is 4.38. The number of nitrogens with zero attached hydrogens (tertiary/aromatic N) is 1. The molecule has 16 heavy (non-hydrogen) atoms. The number of amides is 1. The fraction of sp³-hybridized carbons (Fsp3) is 0.364. The van der Waals surface area contributed by atoms with Crippen LogP contribution in [-0.4, -0.2) is 17.2 Å². The van der Waals surface area contributed by atoms with Gasteiger partial charge in [0.15, 0.2) is 6.29 Å². The zero-order valence-electron chi connectivity index (χ0n) is 9.37. The van der Waals surface area contributed by atoms with Gasteiger partial charge in [0.05, 0.1) is 5.56 Å². The number of hydrogen-bond acceptors (Lipinski definition) is 3. The van der Waals surface area contributed by atoms with Crippen LogP contribution in [0, 0.1) is 11.4 Å². The molecule has 1 heterocycles. The van der Waals surface area contributed by atoms with Crippen molar-refractivity contribution in [1.82, 2.24) is 4.98 Å². The minimum Gasteiger partial charge on any atom is -0.310 e. The minimum atomic E-state index is -0.741. The number of aromatic nitrogens is 1. The summed E-state index contributed by atoms with van der Waals surface area (Å²) in [5, 5.41) is 2.42. The molecule has 0 atom stereocenters. The topological polar surface area (TPSA) is 59.1 Å². The summed E-state index contributed by atoms with van der Waals surface area (Å²) in [7, 11) is 0. The third kappa shape index (κ3) is 2.85. The molecular weight excluding hydrogens is 211 g/mol. The molecule has 4 nitrogen and oxygen atoms in total. The molecule has 1 aromatic heterocycles. The molecule has 0 saturated heterocycles. The zero-order valence-corrected chi connectivity index (χ0v) is 9.37. The summed E-state index contributed by atoms with van der Waals surface area (Å²) < 4.78 is 12.9. The van der Waals surface area contributed by atoms with Crippen LogP contribution in [-0.2, 0) is 4.79 Å². The van der Waals surface area contributed by atoms with Crippen molar-refractivity contribution in [3.8, 4) is 0 Å². The van der Waals surface area contributed by atoms with Gasteiger partial charge in [-0.05, 0) is 12.1 Å². The van der Waals surface area contributed by atoms with Crippen molar-refractivity contribution in [2.24, 2.45) is 5.41 Å². The second-order valence-corrected chi connectivity index (χ2v) is 4.39. The van der Waals surface area contributed by atoms with Crippen LogP contribution in [0.1, 0.15) is 31.1 Å². The van der Waals surface area contributed by atoms with Crippen LogP contribution in [0.2, 0.25) is 0 Å². The van der Waals surface area contributed by atoms with Crippen molar-refractivity contribution in [1.29, 1.82) is 0 Å². The van der Waals surface area contributed by atoms with Gasteiger partial charge in [-0.25, -0.2) is 4.98 Å². The van der Waals surface area contributed by atoms with E-state index in [9.17, 15) is 14.0 Å². The third-order valence-electron chi connectivity index (χ3n) is 1.93. The standard InChI is InChI=1S/C11H13FN2O2/c1-11(2,3)10(16)14-9-7(6-15)4-5-8(12)13-9/h4-6H,1-3H3,(H,13,14,16). The van der Waals surface area contributed by atoms with Crippen LogP contribution >= 0.6 is 0 Å². The number of aldehydes is 1. The number of hydrogen-bond donors (Lipinski definition) is 1. The molecule has 0 unspecified atom stereocenters. The van der Waals surface area contributed by atoms with Gasteiger partial charge < -0.3 is 5.32 Å². The summed E-state index contributed by atoms with van der Waals surface area (Å²) in [6.07, 6.45) is 0.519. The van der Waals surface area contributed by atoms with E-state index in [0.717, 1.165) is 6.07 Å². The zero-order chi connectivity index (χ0) is 12.3. The second-order valence-electron chi connectivity index (χ2n) is 4.39. The van der Waals surface area contributed by atoms with Crippen LogP contribution in [0.25, 0.3) is 0 Å². The summed E-state index contributed by atoms with van der Waals surface area (Å²) in [6.45, 7) is 5.13. The summed E-state index contributed by atoms with van der Waals surface area (Å²) in [5.41, 5.74) is -0.479. The molecular formula is C11H13FN2O2. The van der Waals surface area contributed by atoms with Crippen LogP contribution in [0.5, 0.6) is 0 Å². The molecule has 0 aliphatic rings. The lowest BCUT2D eigenvalue weighted by atomic mass is 9.96. The van der Waals surface area contributed by atoms with Crippen LogP contribution in [0.15, 0.2) is 12.1 Å². The summed E-state index contributed by atoms with van der Waals surface area (Å²) in [5.74, 6) is -1.11. The molecule has 0 aliphatic heterocycles. The van der Waals surface area contributed by atoms with Gasteiger partial charge in [-0.2, -0.15) is 4.39 Å². The Balaban J connectivity index is 3.00.